The number of nitrogens with zero attached hydrogens (tertiary/aromatic N) is 3. The molecule has 0 bridgehead atoms. The van der Waals surface area contributed by atoms with Crippen LogP contribution in [0.4, 0.5) is 10.9 Å². The van der Waals surface area contributed by atoms with E-state index in [1.54, 1.807) is 24.5 Å². The molecule has 1 aliphatic rings. The molecule has 0 spiro atoms. The van der Waals surface area contributed by atoms with E-state index in [1.165, 1.54) is 18.4 Å². The molecule has 0 radical (unpaired) electrons. The largest absolute Gasteiger partial charge is 0.465 e. The van der Waals surface area contributed by atoms with Crippen molar-refractivity contribution in [2.75, 3.05) is 12.4 Å². The van der Waals surface area contributed by atoms with Gasteiger partial charge in [-0.2, -0.15) is 4.99 Å². The highest BCUT2D eigenvalue weighted by Gasteiger charge is 2.32. The number of aliphatic imine (C=N–C) groups is 1. The average molecular weight is 434 g/mol. The Bertz CT molecular complexity index is 945. The van der Waals surface area contributed by atoms with E-state index in [0.29, 0.717) is 15.7 Å². The number of aryl methyl sites for hydroxylation is 1. The zero-order chi connectivity index (χ0) is 20.8. The van der Waals surface area contributed by atoms with Crippen molar-refractivity contribution in [3.05, 3.63) is 35.0 Å². The van der Waals surface area contributed by atoms with Gasteiger partial charge in [0.25, 0.3) is 5.95 Å². The molecule has 3 heterocycles. The average Bonchev–Trinajstić information content (AvgIpc) is 3.25. The van der Waals surface area contributed by atoms with Crippen molar-refractivity contribution in [2.24, 2.45) is 4.99 Å². The first-order valence-corrected chi connectivity index (χ1v) is 10.5. The first-order valence-electron chi connectivity index (χ1n) is 8.84. The normalized spacial score (nSPS) is 17.2. The molecule has 1 aliphatic heterocycles. The van der Waals surface area contributed by atoms with Crippen molar-refractivity contribution < 1.29 is 19.1 Å². The number of aromatic nitrogens is 2. The molecule has 0 aromatic carbocycles. The number of thioether (sulfide) groups is 1. The monoisotopic (exact) mass is 433 g/mol. The second-order valence-electron chi connectivity index (χ2n) is 6.01. The van der Waals surface area contributed by atoms with Crippen LogP contribution in [0, 0.1) is 0 Å². The summed E-state index contributed by atoms with van der Waals surface area (Å²) in [6.07, 6.45) is 4.75. The number of amides is 2. The fourth-order valence-corrected chi connectivity index (χ4v) is 4.67. The Kier molecular flexibility index (Phi) is 6.94. The molecule has 0 saturated carbocycles. The van der Waals surface area contributed by atoms with Crippen molar-refractivity contribution in [3.8, 4) is 0 Å². The Balaban J connectivity index is 1.66. The Morgan fingerprint density at radius 1 is 1.34 bits per heavy atom. The van der Waals surface area contributed by atoms with Gasteiger partial charge in [0.1, 0.15) is 10.3 Å². The highest BCUT2D eigenvalue weighted by molar-refractivity contribution is 8.15. The molecule has 0 aliphatic carbocycles. The summed E-state index contributed by atoms with van der Waals surface area (Å²) in [4.78, 5) is 49.7. The topological polar surface area (TPSA) is 123 Å². The molecular formula is C18H19N5O4S2. The first-order chi connectivity index (χ1) is 14.0. The summed E-state index contributed by atoms with van der Waals surface area (Å²) in [6.45, 7) is 2.03. The van der Waals surface area contributed by atoms with Crippen molar-refractivity contribution in [3.63, 3.8) is 0 Å². The number of ether oxygens (including phenoxy) is 1. The molecule has 1 unspecified atom stereocenters. The van der Waals surface area contributed by atoms with E-state index < -0.39 is 11.2 Å². The maximum Gasteiger partial charge on any atom is 0.340 e. The van der Waals surface area contributed by atoms with E-state index in [-0.39, 0.29) is 24.2 Å². The van der Waals surface area contributed by atoms with Gasteiger partial charge in [-0.1, -0.05) is 25.1 Å². The smallest absolute Gasteiger partial charge is 0.340 e. The minimum atomic E-state index is -0.630. The van der Waals surface area contributed by atoms with Gasteiger partial charge in [0.15, 0.2) is 5.17 Å². The van der Waals surface area contributed by atoms with E-state index in [9.17, 15) is 14.4 Å². The molecule has 152 valence electrons. The summed E-state index contributed by atoms with van der Waals surface area (Å²) in [6, 6.07) is 3.40. The van der Waals surface area contributed by atoms with E-state index in [0.717, 1.165) is 29.5 Å². The summed E-state index contributed by atoms with van der Waals surface area (Å²) in [5, 5.41) is 5.50. The second-order valence-corrected chi connectivity index (χ2v) is 8.34. The number of carbonyl (C=O) groups excluding carboxylic acids is 3. The van der Waals surface area contributed by atoms with Crippen LogP contribution in [-0.2, 0) is 20.7 Å². The van der Waals surface area contributed by atoms with Gasteiger partial charge in [0.2, 0.25) is 11.8 Å². The molecule has 9 nitrogen and oxygen atoms in total. The number of thiophene rings is 1. The molecule has 1 saturated heterocycles. The lowest BCUT2D eigenvalue weighted by Crippen LogP contribution is -2.28. The fraction of sp³-hybridized carbons (Fsp3) is 0.333. The summed E-state index contributed by atoms with van der Waals surface area (Å²) in [5.74, 6) is -0.967. The third kappa shape index (κ3) is 5.39. The highest BCUT2D eigenvalue weighted by Crippen LogP contribution is 2.31. The van der Waals surface area contributed by atoms with Crippen molar-refractivity contribution in [1.82, 2.24) is 15.3 Å². The van der Waals surface area contributed by atoms with Gasteiger partial charge in [-0.3, -0.25) is 9.59 Å². The Hall–Kier alpha value is -2.79. The quantitative estimate of drug-likeness (QED) is 0.643. The zero-order valence-electron chi connectivity index (χ0n) is 15.8. The standard InChI is InChI=1S/C18H19N5O4S2/c1-3-5-10-8-11(16(26)27-2)15(28-10)21-13(24)9-12-14(25)22-18(29-12)23-17-19-6-4-7-20-17/h4,6-8,12H,3,5,9H2,1-2H3,(H,21,24)(H,19,20,22,23,25). The summed E-state index contributed by atoms with van der Waals surface area (Å²) >= 11 is 2.48. The van der Waals surface area contributed by atoms with Gasteiger partial charge >= 0.3 is 5.97 Å². The molecule has 1 fully saturated rings. The number of anilines is 1. The van der Waals surface area contributed by atoms with Gasteiger partial charge in [0.05, 0.1) is 12.7 Å². The van der Waals surface area contributed by atoms with Crippen molar-refractivity contribution in [2.45, 2.75) is 31.4 Å². The van der Waals surface area contributed by atoms with E-state index in [1.807, 2.05) is 6.92 Å². The lowest BCUT2D eigenvalue weighted by Gasteiger charge is -2.07. The number of nitrogens with one attached hydrogen (secondary N) is 2. The van der Waals surface area contributed by atoms with Crippen molar-refractivity contribution >= 4 is 57.0 Å². The third-order valence-corrected chi connectivity index (χ3v) is 6.03. The highest BCUT2D eigenvalue weighted by atomic mass is 32.2. The number of carbonyl (C=O) groups is 3. The Morgan fingerprint density at radius 2 is 2.10 bits per heavy atom. The maximum atomic E-state index is 12.5. The van der Waals surface area contributed by atoms with E-state index >= 15 is 0 Å². The van der Waals surface area contributed by atoms with Crippen LogP contribution >= 0.6 is 23.1 Å². The maximum absolute atomic E-state index is 12.5. The second kappa shape index (κ2) is 9.61. The fourth-order valence-electron chi connectivity index (χ4n) is 2.54. The summed E-state index contributed by atoms with van der Waals surface area (Å²) in [7, 11) is 1.29. The molecule has 2 aromatic rings. The molecule has 1 atom stereocenters. The molecule has 2 N–H and O–H groups in total. The van der Waals surface area contributed by atoms with Gasteiger partial charge in [0, 0.05) is 23.7 Å². The van der Waals surface area contributed by atoms with Gasteiger partial charge < -0.3 is 15.4 Å². The molecule has 11 heteroatoms. The summed E-state index contributed by atoms with van der Waals surface area (Å²) in [5.41, 5.74) is 0.321. The van der Waals surface area contributed by atoms with Gasteiger partial charge in [-0.25, -0.2) is 14.8 Å². The third-order valence-electron chi connectivity index (χ3n) is 3.84. The van der Waals surface area contributed by atoms with Crippen LogP contribution in [0.15, 0.2) is 29.5 Å². The molecule has 2 aromatic heterocycles. The Labute approximate surface area is 175 Å². The number of hydrogen-bond donors (Lipinski definition) is 2. The van der Waals surface area contributed by atoms with Gasteiger partial charge in [-0.15, -0.1) is 11.3 Å². The van der Waals surface area contributed by atoms with Crippen molar-refractivity contribution in [1.29, 1.82) is 0 Å². The van der Waals surface area contributed by atoms with Crippen LogP contribution in [0.5, 0.6) is 0 Å². The molecule has 29 heavy (non-hydrogen) atoms. The molecular weight excluding hydrogens is 414 g/mol. The van der Waals surface area contributed by atoms with Crippen LogP contribution < -0.4 is 10.6 Å². The van der Waals surface area contributed by atoms with Crippen LogP contribution in [0.2, 0.25) is 0 Å². The number of esters is 1. The SMILES string of the molecule is CCCc1cc(C(=O)OC)c(NC(=O)CC2S/C(=N\c3ncccn3)NC2=O)s1. The zero-order valence-corrected chi connectivity index (χ0v) is 17.4. The van der Waals surface area contributed by atoms with E-state index in [2.05, 4.69) is 25.6 Å². The van der Waals surface area contributed by atoms with Crippen LogP contribution in [0.25, 0.3) is 0 Å². The van der Waals surface area contributed by atoms with Crippen LogP contribution in [0.1, 0.15) is 35.0 Å². The number of hydrogen-bond acceptors (Lipinski definition) is 9. The van der Waals surface area contributed by atoms with Gasteiger partial charge in [-0.05, 0) is 18.6 Å². The minimum absolute atomic E-state index is 0.0627. The lowest BCUT2D eigenvalue weighted by molar-refractivity contribution is -0.122. The predicted molar refractivity (Wildman–Crippen MR) is 112 cm³/mol. The Morgan fingerprint density at radius 3 is 2.79 bits per heavy atom. The van der Waals surface area contributed by atoms with Crippen LogP contribution in [0.3, 0.4) is 0 Å². The summed E-state index contributed by atoms with van der Waals surface area (Å²) < 4.78 is 4.79. The van der Waals surface area contributed by atoms with E-state index in [4.69, 9.17) is 4.74 Å². The van der Waals surface area contributed by atoms with Crippen LogP contribution in [-0.4, -0.2) is 45.3 Å². The number of methoxy groups -OCH3 is 1. The molecule has 3 rings (SSSR count). The predicted octanol–water partition coefficient (Wildman–Crippen LogP) is 2.53. The number of rotatable bonds is 7. The lowest BCUT2D eigenvalue weighted by atomic mass is 10.2. The number of amidine groups is 1. The minimum Gasteiger partial charge on any atom is -0.465 e. The molecule has 2 amide bonds. The first kappa shape index (κ1) is 20.9.